The minimum absolute atomic E-state index is 0.731. The van der Waals surface area contributed by atoms with Crippen molar-refractivity contribution in [1.29, 1.82) is 0 Å². The normalized spacial score (nSPS) is 15.0. The molecule has 1 fully saturated rings. The fourth-order valence-corrected chi connectivity index (χ4v) is 2.05. The molecule has 0 heterocycles. The first-order chi connectivity index (χ1) is 10.3. The molecule has 2 N–H and O–H groups in total. The van der Waals surface area contributed by atoms with Gasteiger partial charge in [0.2, 0.25) is 0 Å². The zero-order valence-corrected chi connectivity index (χ0v) is 13.3. The highest BCUT2D eigenvalue weighted by Gasteiger charge is 2.20. The fraction of sp³-hybridized carbons (Fsp3) is 0.562. The summed E-state index contributed by atoms with van der Waals surface area (Å²) in [5.74, 6) is 1.65. The smallest absolute Gasteiger partial charge is 0.191 e. The number of halogens is 1. The predicted octanol–water partition coefficient (Wildman–Crippen LogP) is 2.82. The summed E-state index contributed by atoms with van der Waals surface area (Å²) in [6, 6.07) is 7.81. The lowest BCUT2D eigenvalue weighted by Crippen LogP contribution is -2.37. The molecule has 5 heteroatoms. The second kappa shape index (κ2) is 8.90. The predicted molar refractivity (Wildman–Crippen MR) is 87.8 cm³/mol. The van der Waals surface area contributed by atoms with Crippen LogP contribution in [0.4, 0.5) is 0 Å². The van der Waals surface area contributed by atoms with Crippen LogP contribution in [0.2, 0.25) is 5.02 Å². The standard InChI is InChI=1S/C16H24ClN3O/c1-18-16(19-9-2-10-21-12-14-3-4-14)20-11-13-5-7-15(17)8-6-13/h5-8,14H,2-4,9-12H2,1H3,(H2,18,19,20). The minimum atomic E-state index is 0.731. The summed E-state index contributed by atoms with van der Waals surface area (Å²) in [6.45, 7) is 3.35. The van der Waals surface area contributed by atoms with E-state index in [-0.39, 0.29) is 0 Å². The average molecular weight is 310 g/mol. The molecule has 0 radical (unpaired) electrons. The van der Waals surface area contributed by atoms with Gasteiger partial charge in [-0.3, -0.25) is 4.99 Å². The molecule has 0 saturated heterocycles. The Morgan fingerprint density at radius 3 is 2.71 bits per heavy atom. The molecule has 21 heavy (non-hydrogen) atoms. The van der Waals surface area contributed by atoms with Gasteiger partial charge < -0.3 is 15.4 Å². The number of rotatable bonds is 8. The first kappa shape index (κ1) is 16.1. The lowest BCUT2D eigenvalue weighted by molar-refractivity contribution is 0.123. The maximum atomic E-state index is 5.87. The molecule has 1 aromatic carbocycles. The molecule has 1 saturated carbocycles. The van der Waals surface area contributed by atoms with Crippen molar-refractivity contribution in [3.05, 3.63) is 34.9 Å². The van der Waals surface area contributed by atoms with Gasteiger partial charge in [-0.05, 0) is 42.9 Å². The van der Waals surface area contributed by atoms with Gasteiger partial charge in [-0.1, -0.05) is 23.7 Å². The van der Waals surface area contributed by atoms with Gasteiger partial charge in [0.15, 0.2) is 5.96 Å². The van der Waals surface area contributed by atoms with E-state index in [0.29, 0.717) is 0 Å². The zero-order chi connectivity index (χ0) is 14.9. The molecule has 0 amide bonds. The highest BCUT2D eigenvalue weighted by atomic mass is 35.5. The average Bonchev–Trinajstić information content (AvgIpc) is 3.31. The molecule has 2 rings (SSSR count). The number of benzene rings is 1. The van der Waals surface area contributed by atoms with Gasteiger partial charge in [-0.25, -0.2) is 0 Å². The van der Waals surface area contributed by atoms with Crippen LogP contribution in [0.25, 0.3) is 0 Å². The van der Waals surface area contributed by atoms with Crippen molar-refractivity contribution in [3.63, 3.8) is 0 Å². The number of hydrogen-bond donors (Lipinski definition) is 2. The number of nitrogens with zero attached hydrogens (tertiary/aromatic N) is 1. The quantitative estimate of drug-likeness (QED) is 0.441. The van der Waals surface area contributed by atoms with Gasteiger partial charge in [0.1, 0.15) is 0 Å². The molecule has 4 nitrogen and oxygen atoms in total. The topological polar surface area (TPSA) is 45.7 Å². The minimum Gasteiger partial charge on any atom is -0.381 e. The summed E-state index contributed by atoms with van der Waals surface area (Å²) in [5.41, 5.74) is 1.18. The molecule has 1 aliphatic carbocycles. The van der Waals surface area contributed by atoms with E-state index in [9.17, 15) is 0 Å². The Labute approximate surface area is 131 Å². The Bertz CT molecular complexity index is 443. The first-order valence-corrected chi connectivity index (χ1v) is 7.92. The molecule has 0 aromatic heterocycles. The molecule has 0 atom stereocenters. The van der Waals surface area contributed by atoms with Gasteiger partial charge >= 0.3 is 0 Å². The summed E-state index contributed by atoms with van der Waals surface area (Å²) in [4.78, 5) is 4.20. The van der Waals surface area contributed by atoms with Crippen LogP contribution >= 0.6 is 11.6 Å². The van der Waals surface area contributed by atoms with E-state index in [1.807, 2.05) is 24.3 Å². The Balaban J connectivity index is 1.55. The SMILES string of the molecule is CN=C(NCCCOCC1CC1)NCc1ccc(Cl)cc1. The molecule has 0 aliphatic heterocycles. The number of ether oxygens (including phenoxy) is 1. The molecule has 0 spiro atoms. The first-order valence-electron chi connectivity index (χ1n) is 7.54. The summed E-state index contributed by atoms with van der Waals surface area (Å²) >= 11 is 5.87. The Morgan fingerprint density at radius 1 is 1.29 bits per heavy atom. The van der Waals surface area contributed by atoms with E-state index >= 15 is 0 Å². The monoisotopic (exact) mass is 309 g/mol. The highest BCUT2D eigenvalue weighted by Crippen LogP contribution is 2.28. The summed E-state index contributed by atoms with van der Waals surface area (Å²) in [7, 11) is 1.78. The molecule has 1 aromatic rings. The lowest BCUT2D eigenvalue weighted by atomic mass is 10.2. The van der Waals surface area contributed by atoms with Crippen molar-refractivity contribution in [2.45, 2.75) is 25.8 Å². The van der Waals surface area contributed by atoms with Crippen LogP contribution in [0.1, 0.15) is 24.8 Å². The Kier molecular flexibility index (Phi) is 6.83. The van der Waals surface area contributed by atoms with E-state index < -0.39 is 0 Å². The fourth-order valence-electron chi connectivity index (χ4n) is 1.92. The van der Waals surface area contributed by atoms with E-state index in [4.69, 9.17) is 16.3 Å². The van der Waals surface area contributed by atoms with Gasteiger partial charge in [0.05, 0.1) is 0 Å². The second-order valence-corrected chi connectivity index (χ2v) is 5.79. The summed E-state index contributed by atoms with van der Waals surface area (Å²) in [6.07, 6.45) is 3.69. The van der Waals surface area contributed by atoms with Crippen LogP contribution in [0.3, 0.4) is 0 Å². The molecule has 0 unspecified atom stereocenters. The van der Waals surface area contributed by atoms with E-state index in [1.54, 1.807) is 7.05 Å². The highest BCUT2D eigenvalue weighted by molar-refractivity contribution is 6.30. The van der Waals surface area contributed by atoms with E-state index in [1.165, 1.54) is 18.4 Å². The Hall–Kier alpha value is -1.26. The van der Waals surface area contributed by atoms with E-state index in [2.05, 4.69) is 15.6 Å². The third-order valence-electron chi connectivity index (χ3n) is 3.41. The molecule has 0 bridgehead atoms. The third kappa shape index (κ3) is 6.82. The maximum absolute atomic E-state index is 5.87. The van der Waals surface area contributed by atoms with Gasteiger partial charge in [0.25, 0.3) is 0 Å². The molecule has 116 valence electrons. The Morgan fingerprint density at radius 2 is 2.05 bits per heavy atom. The van der Waals surface area contributed by atoms with Gasteiger partial charge in [-0.2, -0.15) is 0 Å². The number of aliphatic imine (C=N–C) groups is 1. The van der Waals surface area contributed by atoms with Crippen molar-refractivity contribution < 1.29 is 4.74 Å². The lowest BCUT2D eigenvalue weighted by Gasteiger charge is -2.12. The van der Waals surface area contributed by atoms with Crippen LogP contribution in [0, 0.1) is 5.92 Å². The van der Waals surface area contributed by atoms with Crippen molar-refractivity contribution in [1.82, 2.24) is 10.6 Å². The van der Waals surface area contributed by atoms with E-state index in [0.717, 1.165) is 49.6 Å². The maximum Gasteiger partial charge on any atom is 0.191 e. The van der Waals surface area contributed by atoms with Crippen LogP contribution in [0.5, 0.6) is 0 Å². The van der Waals surface area contributed by atoms with Crippen LogP contribution in [-0.4, -0.2) is 32.8 Å². The summed E-state index contributed by atoms with van der Waals surface area (Å²) in [5, 5.41) is 7.32. The van der Waals surface area contributed by atoms with Crippen LogP contribution in [-0.2, 0) is 11.3 Å². The van der Waals surface area contributed by atoms with Crippen LogP contribution < -0.4 is 10.6 Å². The van der Waals surface area contributed by atoms with Gasteiger partial charge in [-0.15, -0.1) is 0 Å². The number of hydrogen-bond acceptors (Lipinski definition) is 2. The molecular formula is C16H24ClN3O. The van der Waals surface area contributed by atoms with Crippen LogP contribution in [0.15, 0.2) is 29.3 Å². The van der Waals surface area contributed by atoms with Crippen molar-refractivity contribution >= 4 is 17.6 Å². The van der Waals surface area contributed by atoms with Gasteiger partial charge in [0, 0.05) is 38.4 Å². The number of nitrogens with one attached hydrogen (secondary N) is 2. The molecular weight excluding hydrogens is 286 g/mol. The molecule has 1 aliphatic rings. The largest absolute Gasteiger partial charge is 0.381 e. The third-order valence-corrected chi connectivity index (χ3v) is 3.66. The van der Waals surface area contributed by atoms with Crippen molar-refractivity contribution in [2.75, 3.05) is 26.8 Å². The van der Waals surface area contributed by atoms with Crippen molar-refractivity contribution in [3.8, 4) is 0 Å². The number of guanidine groups is 1. The zero-order valence-electron chi connectivity index (χ0n) is 12.6. The van der Waals surface area contributed by atoms with Crippen molar-refractivity contribution in [2.24, 2.45) is 10.9 Å². The summed E-state index contributed by atoms with van der Waals surface area (Å²) < 4.78 is 5.60. The second-order valence-electron chi connectivity index (χ2n) is 5.35.